The first-order valence-electron chi connectivity index (χ1n) is 15.8. The highest BCUT2D eigenvalue weighted by Crippen LogP contribution is 2.38. The zero-order chi connectivity index (χ0) is 35.5. The second-order valence-electron chi connectivity index (χ2n) is 12.8. The Morgan fingerprint density at radius 3 is 2.61 bits per heavy atom. The van der Waals surface area contributed by atoms with Crippen molar-refractivity contribution in [2.24, 2.45) is 7.05 Å². The smallest absolute Gasteiger partial charge is 0.410 e. The van der Waals surface area contributed by atoms with Gasteiger partial charge < -0.3 is 29.6 Å². The molecule has 12 nitrogen and oxygen atoms in total. The van der Waals surface area contributed by atoms with E-state index in [9.17, 15) is 14.4 Å². The second-order valence-corrected chi connectivity index (χ2v) is 13.1. The molecule has 0 saturated carbocycles. The summed E-state index contributed by atoms with van der Waals surface area (Å²) in [5.41, 5.74) is 4.43. The molecule has 13 heteroatoms. The summed E-state index contributed by atoms with van der Waals surface area (Å²) in [5.74, 6) is 0.162. The van der Waals surface area contributed by atoms with E-state index < -0.39 is 11.7 Å². The Bertz CT molecular complexity index is 1920. The van der Waals surface area contributed by atoms with Crippen molar-refractivity contribution in [2.75, 3.05) is 19.0 Å². The van der Waals surface area contributed by atoms with Crippen LogP contribution in [0.5, 0.6) is 5.88 Å². The van der Waals surface area contributed by atoms with Gasteiger partial charge in [-0.2, -0.15) is 0 Å². The SMILES string of the molecule is C=Cc1cnc(C(=O)Nc2cccc(-c3nccc(-c4ccc(CN(C[C@@H]5CCC(=O)N5)C(=O)OC(C)(C)C)c(OC)n4)c3Cl)c2C)n1C. The van der Waals surface area contributed by atoms with E-state index in [0.29, 0.717) is 51.9 Å². The number of methoxy groups -OCH3 is 1. The van der Waals surface area contributed by atoms with E-state index in [2.05, 4.69) is 27.2 Å². The Hall–Kier alpha value is -5.23. The van der Waals surface area contributed by atoms with Crippen molar-refractivity contribution in [3.05, 3.63) is 83.0 Å². The van der Waals surface area contributed by atoms with Gasteiger partial charge in [0, 0.05) is 54.6 Å². The van der Waals surface area contributed by atoms with Gasteiger partial charge in [0.05, 0.1) is 42.0 Å². The van der Waals surface area contributed by atoms with Gasteiger partial charge in [-0.1, -0.05) is 30.3 Å². The Kier molecular flexibility index (Phi) is 10.4. The summed E-state index contributed by atoms with van der Waals surface area (Å²) >= 11 is 7.02. The predicted octanol–water partition coefficient (Wildman–Crippen LogP) is 6.43. The molecule has 1 aromatic carbocycles. The molecule has 1 aliphatic heterocycles. The standard InChI is InChI=1S/C36H40ClN7O5/c1-8-24-18-39-32(43(24)6)33(46)41-27-11-9-10-25(21(27)2)31-30(37)26(16-17-38-31)28-14-12-22(34(42-28)48-7)19-44(35(47)49-36(3,4)5)20-23-13-15-29(45)40-23/h8-12,14,16-18,23H,1,13,15,19-20H2,2-7H3,(H,40,45)(H,41,46)/t23-/m0/s1. The molecule has 1 atom stereocenters. The zero-order valence-corrected chi connectivity index (χ0v) is 29.2. The number of halogens is 1. The topological polar surface area (TPSA) is 141 Å². The van der Waals surface area contributed by atoms with Crippen LogP contribution in [0.1, 0.15) is 61.1 Å². The number of nitrogens with zero attached hydrogens (tertiary/aromatic N) is 5. The minimum absolute atomic E-state index is 0.0372. The molecule has 1 saturated heterocycles. The van der Waals surface area contributed by atoms with Gasteiger partial charge in [0.1, 0.15) is 5.60 Å². The number of hydrogen-bond donors (Lipinski definition) is 2. The van der Waals surface area contributed by atoms with Gasteiger partial charge in [-0.25, -0.2) is 14.8 Å². The number of ether oxygens (including phenoxy) is 2. The van der Waals surface area contributed by atoms with Crippen molar-refractivity contribution >= 4 is 41.3 Å². The number of amides is 3. The minimum Gasteiger partial charge on any atom is -0.481 e. The Morgan fingerprint density at radius 2 is 1.96 bits per heavy atom. The molecule has 0 radical (unpaired) electrons. The third kappa shape index (κ3) is 7.92. The molecule has 3 aromatic heterocycles. The molecule has 2 N–H and O–H groups in total. The quantitative estimate of drug-likeness (QED) is 0.195. The summed E-state index contributed by atoms with van der Waals surface area (Å²) in [5, 5.41) is 6.23. The van der Waals surface area contributed by atoms with Crippen molar-refractivity contribution in [2.45, 2.75) is 58.7 Å². The van der Waals surface area contributed by atoms with Crippen LogP contribution in [0.2, 0.25) is 5.02 Å². The number of aromatic nitrogens is 4. The maximum absolute atomic E-state index is 13.2. The number of anilines is 1. The molecule has 4 heterocycles. The van der Waals surface area contributed by atoms with Gasteiger partial charge in [-0.3, -0.25) is 14.6 Å². The van der Waals surface area contributed by atoms with E-state index in [0.717, 1.165) is 16.8 Å². The predicted molar refractivity (Wildman–Crippen MR) is 188 cm³/mol. The lowest BCUT2D eigenvalue weighted by Gasteiger charge is -2.29. The van der Waals surface area contributed by atoms with E-state index in [4.69, 9.17) is 26.1 Å². The van der Waals surface area contributed by atoms with Crippen LogP contribution >= 0.6 is 11.6 Å². The fourth-order valence-corrected chi connectivity index (χ4v) is 5.90. The molecular weight excluding hydrogens is 646 g/mol. The van der Waals surface area contributed by atoms with Gasteiger partial charge in [-0.15, -0.1) is 0 Å². The van der Waals surface area contributed by atoms with Crippen LogP contribution in [0.25, 0.3) is 28.6 Å². The molecule has 0 aliphatic carbocycles. The number of rotatable bonds is 10. The Balaban J connectivity index is 1.42. The van der Waals surface area contributed by atoms with Gasteiger partial charge >= 0.3 is 6.09 Å². The molecular formula is C36H40ClN7O5. The average Bonchev–Trinajstić information content (AvgIpc) is 3.65. The lowest BCUT2D eigenvalue weighted by molar-refractivity contribution is -0.119. The third-order valence-electron chi connectivity index (χ3n) is 8.11. The van der Waals surface area contributed by atoms with Crippen molar-refractivity contribution in [1.29, 1.82) is 0 Å². The summed E-state index contributed by atoms with van der Waals surface area (Å²) in [6.45, 7) is 11.5. The number of imidazole rings is 1. The molecule has 3 amide bonds. The summed E-state index contributed by atoms with van der Waals surface area (Å²) in [7, 11) is 3.26. The highest BCUT2D eigenvalue weighted by atomic mass is 35.5. The maximum Gasteiger partial charge on any atom is 0.410 e. The Labute approximate surface area is 290 Å². The summed E-state index contributed by atoms with van der Waals surface area (Å²) in [6, 6.07) is 10.7. The fraction of sp³-hybridized carbons (Fsp3) is 0.333. The van der Waals surface area contributed by atoms with Crippen molar-refractivity contribution in [3.8, 4) is 28.4 Å². The lowest BCUT2D eigenvalue weighted by atomic mass is 10.0. The first-order valence-corrected chi connectivity index (χ1v) is 16.2. The maximum atomic E-state index is 13.2. The Morgan fingerprint density at radius 1 is 1.18 bits per heavy atom. The largest absolute Gasteiger partial charge is 0.481 e. The second kappa shape index (κ2) is 14.5. The van der Waals surface area contributed by atoms with Gasteiger partial charge in [-0.05, 0) is 70.0 Å². The van der Waals surface area contributed by atoms with Crippen LogP contribution in [0.4, 0.5) is 10.5 Å². The van der Waals surface area contributed by atoms with Crippen molar-refractivity contribution in [3.63, 3.8) is 0 Å². The third-order valence-corrected chi connectivity index (χ3v) is 8.49. The zero-order valence-electron chi connectivity index (χ0n) is 28.5. The van der Waals surface area contributed by atoms with E-state index in [1.807, 2.05) is 25.1 Å². The molecule has 4 aromatic rings. The molecule has 49 heavy (non-hydrogen) atoms. The number of carbonyl (C=O) groups is 3. The summed E-state index contributed by atoms with van der Waals surface area (Å²) < 4.78 is 13.0. The summed E-state index contributed by atoms with van der Waals surface area (Å²) in [6.07, 6.45) is 5.41. The molecule has 1 aliphatic rings. The van der Waals surface area contributed by atoms with E-state index >= 15 is 0 Å². The number of carbonyl (C=O) groups excluding carboxylic acids is 3. The number of pyridine rings is 2. The van der Waals surface area contributed by atoms with Crippen LogP contribution in [0, 0.1) is 6.92 Å². The van der Waals surface area contributed by atoms with Crippen LogP contribution in [0.15, 0.2) is 55.4 Å². The molecule has 0 unspecified atom stereocenters. The average molecular weight is 686 g/mol. The molecule has 1 fully saturated rings. The summed E-state index contributed by atoms with van der Waals surface area (Å²) in [4.78, 5) is 53.3. The minimum atomic E-state index is -0.700. The van der Waals surface area contributed by atoms with Gasteiger partial charge in [0.25, 0.3) is 5.91 Å². The monoisotopic (exact) mass is 685 g/mol. The van der Waals surface area contributed by atoms with E-state index in [1.165, 1.54) is 7.11 Å². The highest BCUT2D eigenvalue weighted by Gasteiger charge is 2.29. The number of nitrogens with one attached hydrogen (secondary N) is 2. The van der Waals surface area contributed by atoms with Gasteiger partial charge in [0.15, 0.2) is 5.82 Å². The van der Waals surface area contributed by atoms with Crippen molar-refractivity contribution in [1.82, 2.24) is 29.7 Å². The first kappa shape index (κ1) is 35.1. The van der Waals surface area contributed by atoms with E-state index in [1.54, 1.807) is 74.0 Å². The number of benzene rings is 1. The number of hydrogen-bond acceptors (Lipinski definition) is 8. The van der Waals surface area contributed by atoms with E-state index in [-0.39, 0.29) is 36.8 Å². The van der Waals surface area contributed by atoms with Gasteiger partial charge in [0.2, 0.25) is 11.8 Å². The molecule has 5 rings (SSSR count). The van der Waals surface area contributed by atoms with Crippen LogP contribution < -0.4 is 15.4 Å². The first-order chi connectivity index (χ1) is 23.3. The van der Waals surface area contributed by atoms with Crippen LogP contribution in [-0.4, -0.2) is 67.6 Å². The normalized spacial score (nSPS) is 14.3. The lowest BCUT2D eigenvalue weighted by Crippen LogP contribution is -2.43. The van der Waals surface area contributed by atoms with Crippen LogP contribution in [0.3, 0.4) is 0 Å². The van der Waals surface area contributed by atoms with Crippen molar-refractivity contribution < 1.29 is 23.9 Å². The highest BCUT2D eigenvalue weighted by molar-refractivity contribution is 6.35. The van der Waals surface area contributed by atoms with Crippen LogP contribution in [-0.2, 0) is 23.1 Å². The molecule has 256 valence electrons. The fourth-order valence-electron chi connectivity index (χ4n) is 5.59. The molecule has 0 bridgehead atoms. The molecule has 0 spiro atoms.